The van der Waals surface area contributed by atoms with Crippen LogP contribution >= 0.6 is 0 Å². The predicted molar refractivity (Wildman–Crippen MR) is 96.5 cm³/mol. The molecular weight excluding hydrogens is 297 g/mol. The number of aromatic nitrogens is 1. The molecule has 0 saturated heterocycles. The molecule has 0 atom stereocenters. The molecule has 2 aromatic carbocycles. The fourth-order valence-electron chi connectivity index (χ4n) is 3.92. The Bertz CT molecular complexity index is 892. The van der Waals surface area contributed by atoms with Gasteiger partial charge in [0.1, 0.15) is 12.4 Å². The SMILES string of the molecule is CCC[n+]1c(C2CC2)c(C)c(-c2ccc(F)cc2)c2ccccc21. The summed E-state index contributed by atoms with van der Waals surface area (Å²) in [5, 5.41) is 1.26. The number of benzene rings is 2. The van der Waals surface area contributed by atoms with E-state index in [1.54, 1.807) is 12.1 Å². The number of aryl methyl sites for hydroxylation is 1. The van der Waals surface area contributed by atoms with Gasteiger partial charge in [0.2, 0.25) is 5.52 Å². The third-order valence-electron chi connectivity index (χ3n) is 5.06. The summed E-state index contributed by atoms with van der Waals surface area (Å²) in [4.78, 5) is 0. The average molecular weight is 320 g/mol. The highest BCUT2D eigenvalue weighted by Gasteiger charge is 2.36. The average Bonchev–Trinajstić information content (AvgIpc) is 3.41. The summed E-state index contributed by atoms with van der Waals surface area (Å²) >= 11 is 0. The number of pyridine rings is 1. The fraction of sp³-hybridized carbons (Fsp3) is 0.318. The quantitative estimate of drug-likeness (QED) is 0.557. The van der Waals surface area contributed by atoms with E-state index in [0.717, 1.165) is 18.5 Å². The highest BCUT2D eigenvalue weighted by atomic mass is 19.1. The van der Waals surface area contributed by atoms with Crippen LogP contribution in [0.15, 0.2) is 48.5 Å². The lowest BCUT2D eigenvalue weighted by Gasteiger charge is -2.15. The molecule has 1 aliphatic rings. The molecular formula is C22H23FN+. The van der Waals surface area contributed by atoms with Gasteiger partial charge in [-0.15, -0.1) is 0 Å². The molecule has 122 valence electrons. The Kier molecular flexibility index (Phi) is 3.84. The van der Waals surface area contributed by atoms with Gasteiger partial charge in [-0.05, 0) is 43.5 Å². The van der Waals surface area contributed by atoms with Gasteiger partial charge in [-0.2, -0.15) is 4.57 Å². The van der Waals surface area contributed by atoms with E-state index in [0.29, 0.717) is 5.92 Å². The van der Waals surface area contributed by atoms with Crippen LogP contribution in [0.1, 0.15) is 43.4 Å². The van der Waals surface area contributed by atoms with E-state index >= 15 is 0 Å². The zero-order valence-electron chi connectivity index (χ0n) is 14.3. The second-order valence-corrected chi connectivity index (χ2v) is 6.84. The van der Waals surface area contributed by atoms with Gasteiger partial charge in [0.05, 0.1) is 5.39 Å². The largest absolute Gasteiger partial charge is 0.213 e. The molecule has 0 amide bonds. The molecule has 1 nitrogen and oxygen atoms in total. The first-order valence-corrected chi connectivity index (χ1v) is 8.91. The standard InChI is InChI=1S/C22H23FN/c1-3-14-24-20-7-5-4-6-19(20)21(15(2)22(24)17-8-9-17)16-10-12-18(23)13-11-16/h4-7,10-13,17H,3,8-9,14H2,1-2H3/q+1. The van der Waals surface area contributed by atoms with Gasteiger partial charge < -0.3 is 0 Å². The van der Waals surface area contributed by atoms with Crippen molar-refractivity contribution in [3.8, 4) is 11.1 Å². The first-order valence-electron chi connectivity index (χ1n) is 8.91. The lowest BCUT2D eigenvalue weighted by atomic mass is 9.93. The van der Waals surface area contributed by atoms with Crippen LogP contribution in [0.25, 0.3) is 22.0 Å². The summed E-state index contributed by atoms with van der Waals surface area (Å²) in [6.07, 6.45) is 3.70. The van der Waals surface area contributed by atoms with E-state index in [9.17, 15) is 4.39 Å². The Labute approximate surface area is 142 Å². The first-order chi connectivity index (χ1) is 11.7. The summed E-state index contributed by atoms with van der Waals surface area (Å²) in [6.45, 7) is 5.53. The summed E-state index contributed by atoms with van der Waals surface area (Å²) in [7, 11) is 0. The summed E-state index contributed by atoms with van der Waals surface area (Å²) in [6, 6.07) is 15.6. The number of hydrogen-bond acceptors (Lipinski definition) is 0. The van der Waals surface area contributed by atoms with Crippen molar-refractivity contribution in [2.24, 2.45) is 0 Å². The second kappa shape index (κ2) is 6.01. The van der Waals surface area contributed by atoms with Crippen LogP contribution in [0.4, 0.5) is 4.39 Å². The normalized spacial score (nSPS) is 14.3. The zero-order chi connectivity index (χ0) is 16.7. The van der Waals surface area contributed by atoms with Crippen molar-refractivity contribution < 1.29 is 8.96 Å². The third-order valence-corrected chi connectivity index (χ3v) is 5.06. The Hall–Kier alpha value is -2.22. The van der Waals surface area contributed by atoms with Crippen LogP contribution in [-0.2, 0) is 6.54 Å². The minimum absolute atomic E-state index is 0.180. The van der Waals surface area contributed by atoms with E-state index in [4.69, 9.17) is 0 Å². The third kappa shape index (κ3) is 2.50. The van der Waals surface area contributed by atoms with Crippen molar-refractivity contribution in [2.75, 3.05) is 0 Å². The molecule has 1 heterocycles. The van der Waals surface area contributed by atoms with E-state index in [1.807, 2.05) is 12.1 Å². The highest BCUT2D eigenvalue weighted by Crippen LogP contribution is 2.43. The molecule has 24 heavy (non-hydrogen) atoms. The van der Waals surface area contributed by atoms with Crippen molar-refractivity contribution in [3.63, 3.8) is 0 Å². The van der Waals surface area contributed by atoms with Gasteiger partial charge >= 0.3 is 0 Å². The lowest BCUT2D eigenvalue weighted by Crippen LogP contribution is -2.40. The van der Waals surface area contributed by atoms with Crippen LogP contribution in [0.2, 0.25) is 0 Å². The van der Waals surface area contributed by atoms with Gasteiger partial charge in [0.15, 0.2) is 5.69 Å². The fourth-order valence-corrected chi connectivity index (χ4v) is 3.92. The molecule has 4 rings (SSSR count). The topological polar surface area (TPSA) is 3.88 Å². The molecule has 0 N–H and O–H groups in total. The Balaban J connectivity index is 2.07. The van der Waals surface area contributed by atoms with E-state index in [-0.39, 0.29) is 5.82 Å². The minimum Gasteiger partial charge on any atom is -0.207 e. The van der Waals surface area contributed by atoms with Gasteiger partial charge in [0.25, 0.3) is 0 Å². The molecule has 0 aliphatic heterocycles. The smallest absolute Gasteiger partial charge is 0.207 e. The van der Waals surface area contributed by atoms with Crippen LogP contribution in [0.3, 0.4) is 0 Å². The molecule has 0 radical (unpaired) electrons. The molecule has 3 aromatic rings. The van der Waals surface area contributed by atoms with E-state index in [1.165, 1.54) is 40.6 Å². The lowest BCUT2D eigenvalue weighted by molar-refractivity contribution is -0.679. The van der Waals surface area contributed by atoms with Gasteiger partial charge in [-0.1, -0.05) is 31.2 Å². The predicted octanol–water partition coefficient (Wildman–Crippen LogP) is 5.53. The Morgan fingerprint density at radius 3 is 2.42 bits per heavy atom. The monoisotopic (exact) mass is 320 g/mol. The number of hydrogen-bond donors (Lipinski definition) is 0. The number of halogens is 1. The molecule has 1 aromatic heterocycles. The van der Waals surface area contributed by atoms with Gasteiger partial charge in [-0.3, -0.25) is 0 Å². The molecule has 2 heteroatoms. The molecule has 0 unspecified atom stereocenters. The van der Waals surface area contributed by atoms with Crippen molar-refractivity contribution >= 4 is 10.9 Å². The maximum Gasteiger partial charge on any atom is 0.213 e. The van der Waals surface area contributed by atoms with Crippen molar-refractivity contribution in [1.29, 1.82) is 0 Å². The van der Waals surface area contributed by atoms with Crippen LogP contribution in [-0.4, -0.2) is 0 Å². The molecule has 1 aliphatic carbocycles. The van der Waals surface area contributed by atoms with Crippen molar-refractivity contribution in [1.82, 2.24) is 0 Å². The number of fused-ring (bicyclic) bond motifs is 1. The minimum atomic E-state index is -0.180. The van der Waals surface area contributed by atoms with Crippen LogP contribution in [0, 0.1) is 12.7 Å². The maximum absolute atomic E-state index is 13.4. The number of nitrogens with zero attached hydrogens (tertiary/aromatic N) is 1. The molecule has 0 spiro atoms. The van der Waals surface area contributed by atoms with Crippen LogP contribution in [0.5, 0.6) is 0 Å². The van der Waals surface area contributed by atoms with Crippen molar-refractivity contribution in [3.05, 3.63) is 65.6 Å². The summed E-state index contributed by atoms with van der Waals surface area (Å²) < 4.78 is 15.9. The van der Waals surface area contributed by atoms with Crippen molar-refractivity contribution in [2.45, 2.75) is 45.6 Å². The van der Waals surface area contributed by atoms with Gasteiger partial charge in [-0.25, -0.2) is 4.39 Å². The molecule has 0 bridgehead atoms. The summed E-state index contributed by atoms with van der Waals surface area (Å²) in [5.41, 5.74) is 6.51. The van der Waals surface area contributed by atoms with E-state index < -0.39 is 0 Å². The second-order valence-electron chi connectivity index (χ2n) is 6.84. The molecule has 1 saturated carbocycles. The number of para-hydroxylation sites is 1. The number of rotatable bonds is 4. The zero-order valence-corrected chi connectivity index (χ0v) is 14.3. The highest BCUT2D eigenvalue weighted by molar-refractivity contribution is 5.94. The first kappa shape index (κ1) is 15.3. The maximum atomic E-state index is 13.4. The Morgan fingerprint density at radius 1 is 1.04 bits per heavy atom. The Morgan fingerprint density at radius 2 is 1.75 bits per heavy atom. The van der Waals surface area contributed by atoms with Gasteiger partial charge in [0, 0.05) is 29.5 Å². The molecule has 1 fully saturated rings. The van der Waals surface area contributed by atoms with E-state index in [2.05, 4.69) is 42.7 Å². The van der Waals surface area contributed by atoms with Crippen LogP contribution < -0.4 is 4.57 Å². The summed E-state index contributed by atoms with van der Waals surface area (Å²) in [5.74, 6) is 0.500.